The van der Waals surface area contributed by atoms with E-state index in [-0.39, 0.29) is 6.04 Å². The van der Waals surface area contributed by atoms with Gasteiger partial charge in [0.15, 0.2) is 0 Å². The summed E-state index contributed by atoms with van der Waals surface area (Å²) in [6.07, 6.45) is 3.96. The summed E-state index contributed by atoms with van der Waals surface area (Å²) >= 11 is 1.70. The predicted octanol–water partition coefficient (Wildman–Crippen LogP) is 0.649. The molecule has 2 unspecified atom stereocenters. The number of hydrogen-bond donors (Lipinski definition) is 1. The number of piperazine rings is 1. The molecule has 1 saturated heterocycles. The minimum Gasteiger partial charge on any atom is -0.327 e. The van der Waals surface area contributed by atoms with Gasteiger partial charge in [0.1, 0.15) is 0 Å². The van der Waals surface area contributed by atoms with E-state index in [4.69, 9.17) is 5.73 Å². The lowest BCUT2D eigenvalue weighted by atomic mass is 10.0. The lowest BCUT2D eigenvalue weighted by molar-refractivity contribution is 0.104. The van der Waals surface area contributed by atoms with Gasteiger partial charge in [-0.15, -0.1) is 11.3 Å². The van der Waals surface area contributed by atoms with Gasteiger partial charge in [0, 0.05) is 42.8 Å². The molecule has 1 aliphatic heterocycles. The largest absolute Gasteiger partial charge is 0.327 e. The molecule has 1 aromatic rings. The van der Waals surface area contributed by atoms with Crippen molar-refractivity contribution in [1.82, 2.24) is 14.8 Å². The fraction of sp³-hybridized carbons (Fsp3) is 0.750. The Labute approximate surface area is 107 Å². The van der Waals surface area contributed by atoms with Crippen molar-refractivity contribution in [2.45, 2.75) is 24.9 Å². The molecule has 4 nitrogen and oxygen atoms in total. The molecular formula is C12H22N4S. The highest BCUT2D eigenvalue weighted by molar-refractivity contribution is 7.09. The second kappa shape index (κ2) is 5.91. The summed E-state index contributed by atoms with van der Waals surface area (Å²) in [4.78, 5) is 10.2. The first kappa shape index (κ1) is 13.0. The highest BCUT2D eigenvalue weighted by atomic mass is 32.1. The van der Waals surface area contributed by atoms with Gasteiger partial charge in [0.2, 0.25) is 0 Å². The zero-order chi connectivity index (χ0) is 12.3. The van der Waals surface area contributed by atoms with E-state index in [9.17, 15) is 0 Å². The van der Waals surface area contributed by atoms with Crippen LogP contribution in [-0.4, -0.2) is 60.6 Å². The van der Waals surface area contributed by atoms with E-state index in [2.05, 4.69) is 28.9 Å². The second-order valence-electron chi connectivity index (χ2n) is 5.06. The predicted molar refractivity (Wildman–Crippen MR) is 72.3 cm³/mol. The van der Waals surface area contributed by atoms with Gasteiger partial charge in [0.05, 0.1) is 5.51 Å². The molecule has 2 heterocycles. The molecule has 0 amide bonds. The Kier molecular flexibility index (Phi) is 4.50. The maximum Gasteiger partial charge on any atom is 0.0794 e. The Balaban J connectivity index is 1.82. The summed E-state index contributed by atoms with van der Waals surface area (Å²) < 4.78 is 0. The Bertz CT molecular complexity index is 327. The number of nitrogens with two attached hydrogens (primary N) is 1. The van der Waals surface area contributed by atoms with Crippen molar-refractivity contribution in [2.75, 3.05) is 33.7 Å². The van der Waals surface area contributed by atoms with Gasteiger partial charge in [-0.05, 0) is 26.9 Å². The summed E-state index contributed by atoms with van der Waals surface area (Å²) in [5.74, 6) is 0. The van der Waals surface area contributed by atoms with Gasteiger partial charge >= 0.3 is 0 Å². The summed E-state index contributed by atoms with van der Waals surface area (Å²) in [6.45, 7) is 3.44. The molecule has 0 radical (unpaired) electrons. The number of likely N-dealkylation sites (N-methyl/N-ethyl adjacent to an activating group) is 2. The summed E-state index contributed by atoms with van der Waals surface area (Å²) in [5.41, 5.74) is 8.11. The van der Waals surface area contributed by atoms with Crippen molar-refractivity contribution in [1.29, 1.82) is 0 Å². The molecule has 2 atom stereocenters. The van der Waals surface area contributed by atoms with Gasteiger partial charge in [-0.2, -0.15) is 0 Å². The Morgan fingerprint density at radius 2 is 2.35 bits per heavy atom. The molecule has 0 aromatic carbocycles. The van der Waals surface area contributed by atoms with Gasteiger partial charge in [-0.25, -0.2) is 0 Å². The average molecular weight is 254 g/mol. The Morgan fingerprint density at radius 1 is 1.53 bits per heavy atom. The standard InChI is InChI=1S/C12H22N4S/c1-15-3-4-16(2)11(8-15)5-10(13)6-12-7-14-9-17-12/h7,9-11H,3-6,8,13H2,1-2H3. The topological polar surface area (TPSA) is 45.4 Å². The van der Waals surface area contributed by atoms with Crippen LogP contribution in [0, 0.1) is 0 Å². The number of nitrogens with zero attached hydrogens (tertiary/aromatic N) is 3. The molecular weight excluding hydrogens is 232 g/mol. The first-order valence-electron chi connectivity index (χ1n) is 6.17. The molecule has 2 N–H and O–H groups in total. The number of thiazole rings is 1. The molecule has 0 spiro atoms. The van der Waals surface area contributed by atoms with E-state index < -0.39 is 0 Å². The Morgan fingerprint density at radius 3 is 3.06 bits per heavy atom. The molecule has 0 aliphatic carbocycles. The van der Waals surface area contributed by atoms with Gasteiger partial charge in [0.25, 0.3) is 0 Å². The molecule has 5 heteroatoms. The number of aromatic nitrogens is 1. The maximum atomic E-state index is 6.24. The summed E-state index contributed by atoms with van der Waals surface area (Å²) in [5, 5.41) is 0. The third-order valence-electron chi connectivity index (χ3n) is 3.50. The Hall–Kier alpha value is -0.490. The van der Waals surface area contributed by atoms with Gasteiger partial charge < -0.3 is 15.5 Å². The van der Waals surface area contributed by atoms with E-state index in [0.29, 0.717) is 6.04 Å². The van der Waals surface area contributed by atoms with Crippen molar-refractivity contribution >= 4 is 11.3 Å². The first-order chi connectivity index (χ1) is 8.15. The van der Waals surface area contributed by atoms with Crippen LogP contribution in [-0.2, 0) is 6.42 Å². The summed E-state index contributed by atoms with van der Waals surface area (Å²) in [7, 11) is 4.39. The van der Waals surface area contributed by atoms with E-state index in [1.54, 1.807) is 11.3 Å². The molecule has 2 rings (SSSR count). The van der Waals surface area contributed by atoms with E-state index in [1.165, 1.54) is 4.88 Å². The van der Waals surface area contributed by atoms with Crippen molar-refractivity contribution in [3.8, 4) is 0 Å². The smallest absolute Gasteiger partial charge is 0.0794 e. The van der Waals surface area contributed by atoms with Crippen LogP contribution in [0.15, 0.2) is 11.7 Å². The number of hydrogen-bond acceptors (Lipinski definition) is 5. The lowest BCUT2D eigenvalue weighted by Crippen LogP contribution is -2.51. The highest BCUT2D eigenvalue weighted by Gasteiger charge is 2.24. The molecule has 0 saturated carbocycles. The van der Waals surface area contributed by atoms with Gasteiger partial charge in [-0.1, -0.05) is 0 Å². The minimum absolute atomic E-state index is 0.245. The monoisotopic (exact) mass is 254 g/mol. The minimum atomic E-state index is 0.245. The zero-order valence-corrected chi connectivity index (χ0v) is 11.5. The van der Waals surface area contributed by atoms with Crippen LogP contribution in [0.5, 0.6) is 0 Å². The van der Waals surface area contributed by atoms with Crippen LogP contribution < -0.4 is 5.73 Å². The normalized spacial score (nSPS) is 25.0. The van der Waals surface area contributed by atoms with Crippen LogP contribution in [0.3, 0.4) is 0 Å². The summed E-state index contributed by atoms with van der Waals surface area (Å²) in [6, 6.07) is 0.839. The highest BCUT2D eigenvalue weighted by Crippen LogP contribution is 2.15. The fourth-order valence-electron chi connectivity index (χ4n) is 2.39. The average Bonchev–Trinajstić information content (AvgIpc) is 2.76. The molecule has 0 bridgehead atoms. The third kappa shape index (κ3) is 3.74. The third-order valence-corrected chi connectivity index (χ3v) is 4.30. The SMILES string of the molecule is CN1CCN(C)C(CC(N)Cc2cncs2)C1. The lowest BCUT2D eigenvalue weighted by Gasteiger charge is -2.38. The van der Waals surface area contributed by atoms with E-state index in [1.807, 2.05) is 11.7 Å². The molecule has 1 aromatic heterocycles. The number of rotatable bonds is 4. The van der Waals surface area contributed by atoms with Crippen LogP contribution >= 0.6 is 11.3 Å². The van der Waals surface area contributed by atoms with Crippen LogP contribution in [0.2, 0.25) is 0 Å². The zero-order valence-electron chi connectivity index (χ0n) is 10.7. The molecule has 96 valence electrons. The van der Waals surface area contributed by atoms with E-state index in [0.717, 1.165) is 32.5 Å². The van der Waals surface area contributed by atoms with Crippen LogP contribution in [0.4, 0.5) is 0 Å². The molecule has 17 heavy (non-hydrogen) atoms. The van der Waals surface area contributed by atoms with Crippen LogP contribution in [0.1, 0.15) is 11.3 Å². The van der Waals surface area contributed by atoms with Crippen molar-refractivity contribution in [3.63, 3.8) is 0 Å². The van der Waals surface area contributed by atoms with Crippen molar-refractivity contribution < 1.29 is 0 Å². The van der Waals surface area contributed by atoms with Crippen molar-refractivity contribution in [3.05, 3.63) is 16.6 Å². The second-order valence-corrected chi connectivity index (χ2v) is 6.04. The van der Waals surface area contributed by atoms with Crippen molar-refractivity contribution in [2.24, 2.45) is 5.73 Å². The first-order valence-corrected chi connectivity index (χ1v) is 7.05. The van der Waals surface area contributed by atoms with Crippen LogP contribution in [0.25, 0.3) is 0 Å². The quantitative estimate of drug-likeness (QED) is 0.857. The van der Waals surface area contributed by atoms with E-state index >= 15 is 0 Å². The fourth-order valence-corrected chi connectivity index (χ4v) is 3.08. The molecule has 1 fully saturated rings. The van der Waals surface area contributed by atoms with Gasteiger partial charge in [-0.3, -0.25) is 4.98 Å². The maximum absolute atomic E-state index is 6.24. The molecule has 1 aliphatic rings.